The summed E-state index contributed by atoms with van der Waals surface area (Å²) in [6.45, 7) is 1.39. The van der Waals surface area contributed by atoms with E-state index in [1.165, 1.54) is 6.92 Å². The van der Waals surface area contributed by atoms with Crippen LogP contribution < -0.4 is 15.6 Å². The normalized spacial score (nSPS) is 20.1. The summed E-state index contributed by atoms with van der Waals surface area (Å²) in [4.78, 5) is 25.3. The monoisotopic (exact) mass is 702 g/mol. The Morgan fingerprint density at radius 2 is 1.24 bits per heavy atom. The van der Waals surface area contributed by atoms with Gasteiger partial charge in [-0.2, -0.15) is 0 Å². The Morgan fingerprint density at radius 1 is 0.608 bits per heavy atom. The molecule has 7 rings (SSSR count). The lowest BCUT2D eigenvalue weighted by Crippen LogP contribution is -2.58. The van der Waals surface area contributed by atoms with Gasteiger partial charge in [-0.1, -0.05) is 42.5 Å². The molecule has 1 aliphatic heterocycles. The maximum atomic E-state index is 13.2. The number of hydrogen-bond acceptors (Lipinski definition) is 15. The molecule has 5 atom stereocenters. The number of fused-ring (bicyclic) bond motifs is 2. The van der Waals surface area contributed by atoms with Crippen molar-refractivity contribution in [3.05, 3.63) is 99.3 Å². The van der Waals surface area contributed by atoms with Crippen molar-refractivity contribution in [3.63, 3.8) is 0 Å². The molecule has 15 heteroatoms. The number of benzene rings is 4. The van der Waals surface area contributed by atoms with Gasteiger partial charge in [0.05, 0.1) is 11.5 Å². The first-order chi connectivity index (χ1) is 24.3. The highest BCUT2D eigenvalue weighted by molar-refractivity contribution is 5.88. The van der Waals surface area contributed by atoms with Crippen LogP contribution in [0.3, 0.4) is 0 Å². The van der Waals surface area contributed by atoms with E-state index in [0.29, 0.717) is 16.5 Å². The largest absolute Gasteiger partial charge is 0.508 e. The van der Waals surface area contributed by atoms with Crippen LogP contribution >= 0.6 is 0 Å². The molecular weight excluding hydrogens is 672 g/mol. The van der Waals surface area contributed by atoms with Crippen LogP contribution in [-0.4, -0.2) is 76.7 Å². The fraction of sp³-hybridized carbons (Fsp3) is 0.167. The van der Waals surface area contributed by atoms with Gasteiger partial charge >= 0.3 is 0 Å². The number of hydrogen-bond donors (Lipinski definition) is 9. The molecule has 1 saturated heterocycles. The van der Waals surface area contributed by atoms with Crippen LogP contribution in [0.15, 0.2) is 97.3 Å². The van der Waals surface area contributed by atoms with E-state index in [1.54, 1.807) is 36.4 Å². The first-order valence-electron chi connectivity index (χ1n) is 15.2. The summed E-state index contributed by atoms with van der Waals surface area (Å²) in [6.07, 6.45) is -7.59. The van der Waals surface area contributed by atoms with Crippen molar-refractivity contribution in [2.75, 3.05) is 0 Å². The number of aliphatic hydroxyl groups excluding tert-OH is 3. The Hall–Kier alpha value is -6.26. The van der Waals surface area contributed by atoms with Crippen LogP contribution in [0, 0.1) is 0 Å². The smallest absolute Gasteiger partial charge is 0.239 e. The summed E-state index contributed by atoms with van der Waals surface area (Å²) in [5.41, 5.74) is -0.702. The van der Waals surface area contributed by atoms with Crippen LogP contribution in [0.1, 0.15) is 6.92 Å². The Labute approximate surface area is 285 Å². The third-order valence-corrected chi connectivity index (χ3v) is 8.10. The number of phenols is 5. The molecule has 3 heterocycles. The third kappa shape index (κ3) is 6.44. The van der Waals surface area contributed by atoms with Crippen LogP contribution in [0.25, 0.3) is 44.6 Å². The highest BCUT2D eigenvalue weighted by Crippen LogP contribution is 2.43. The lowest BCUT2D eigenvalue weighted by Gasteiger charge is -2.38. The minimum absolute atomic E-state index is 0.168. The summed E-state index contributed by atoms with van der Waals surface area (Å²) in [5.74, 6) is -4.69. The number of para-hydroxylation sites is 1. The van der Waals surface area contributed by atoms with Gasteiger partial charge in [-0.25, -0.2) is 0 Å². The second-order valence-corrected chi connectivity index (χ2v) is 11.6. The van der Waals surface area contributed by atoms with Crippen molar-refractivity contribution in [2.45, 2.75) is 37.6 Å². The molecule has 1 fully saturated rings. The molecule has 0 spiro atoms. The Kier molecular flexibility index (Phi) is 9.20. The predicted octanol–water partition coefficient (Wildman–Crippen LogP) is 3.36. The van der Waals surface area contributed by atoms with Crippen molar-refractivity contribution in [2.24, 2.45) is 0 Å². The van der Waals surface area contributed by atoms with Gasteiger partial charge in [0.15, 0.2) is 28.8 Å². The molecule has 9 N–H and O–H groups in total. The summed E-state index contributed by atoms with van der Waals surface area (Å²) in [6, 6.07) is 19.7. The van der Waals surface area contributed by atoms with Gasteiger partial charge in [0.2, 0.25) is 28.6 Å². The Balaban J connectivity index is 0.000000208. The highest BCUT2D eigenvalue weighted by atomic mass is 16.7. The van der Waals surface area contributed by atoms with Crippen LogP contribution in [0.5, 0.6) is 40.2 Å². The lowest BCUT2D eigenvalue weighted by atomic mass is 10.00. The molecule has 0 unspecified atom stereocenters. The van der Waals surface area contributed by atoms with E-state index in [1.807, 2.05) is 18.2 Å². The fourth-order valence-corrected chi connectivity index (χ4v) is 5.44. The average molecular weight is 703 g/mol. The van der Waals surface area contributed by atoms with E-state index in [-0.39, 0.29) is 22.7 Å². The average Bonchev–Trinajstić information content (AvgIpc) is 3.11. The lowest BCUT2D eigenvalue weighted by molar-refractivity contribution is -0.268. The summed E-state index contributed by atoms with van der Waals surface area (Å²) < 4.78 is 22.1. The van der Waals surface area contributed by atoms with Gasteiger partial charge < -0.3 is 64.3 Å². The van der Waals surface area contributed by atoms with Gasteiger partial charge in [0.1, 0.15) is 46.4 Å². The Bertz CT molecular complexity index is 2340. The van der Waals surface area contributed by atoms with Gasteiger partial charge in [-0.05, 0) is 31.2 Å². The zero-order chi connectivity index (χ0) is 36.7. The quantitative estimate of drug-likeness (QED) is 0.119. The topological polar surface area (TPSA) is 261 Å². The fourth-order valence-electron chi connectivity index (χ4n) is 5.44. The highest BCUT2D eigenvalue weighted by Gasteiger charge is 2.44. The molecule has 0 aliphatic carbocycles. The van der Waals surface area contributed by atoms with Gasteiger partial charge in [-0.3, -0.25) is 9.59 Å². The molecule has 4 aromatic carbocycles. The van der Waals surface area contributed by atoms with E-state index in [4.69, 9.17) is 18.3 Å². The summed E-state index contributed by atoms with van der Waals surface area (Å²) in [5, 5.41) is 89.5. The molecule has 0 amide bonds. The molecule has 0 bridgehead atoms. The van der Waals surface area contributed by atoms with Gasteiger partial charge in [0, 0.05) is 23.3 Å². The first-order valence-corrected chi connectivity index (χ1v) is 15.2. The minimum atomic E-state index is -1.80. The van der Waals surface area contributed by atoms with Crippen LogP contribution in [0.4, 0.5) is 0 Å². The van der Waals surface area contributed by atoms with E-state index in [9.17, 15) is 55.5 Å². The third-order valence-electron chi connectivity index (χ3n) is 8.10. The number of ether oxygens (including phenoxy) is 2. The number of rotatable bonds is 4. The molecule has 15 nitrogen and oxygen atoms in total. The second-order valence-electron chi connectivity index (χ2n) is 11.6. The molecule has 0 radical (unpaired) electrons. The van der Waals surface area contributed by atoms with Gasteiger partial charge in [-0.15, -0.1) is 0 Å². The van der Waals surface area contributed by atoms with Crippen LogP contribution in [0.2, 0.25) is 0 Å². The summed E-state index contributed by atoms with van der Waals surface area (Å²) in [7, 11) is 0. The van der Waals surface area contributed by atoms with E-state index in [0.717, 1.165) is 24.3 Å². The zero-order valence-electron chi connectivity index (χ0n) is 26.4. The molecule has 264 valence electrons. The van der Waals surface area contributed by atoms with E-state index < -0.39 is 87.2 Å². The van der Waals surface area contributed by atoms with Crippen molar-refractivity contribution in [3.8, 4) is 62.9 Å². The van der Waals surface area contributed by atoms with E-state index in [2.05, 4.69) is 0 Å². The van der Waals surface area contributed by atoms with Gasteiger partial charge in [0.25, 0.3) is 0 Å². The number of aliphatic hydroxyl groups is 3. The molecular formula is C36H30O15. The molecule has 51 heavy (non-hydrogen) atoms. The number of phenolic OH excluding ortho intramolecular Hbond substituents is 5. The second kappa shape index (κ2) is 13.6. The van der Waals surface area contributed by atoms with Crippen molar-refractivity contribution in [1.29, 1.82) is 0 Å². The maximum absolute atomic E-state index is 13.2. The predicted molar refractivity (Wildman–Crippen MR) is 179 cm³/mol. The SMILES string of the molecule is C[C@@H]1O[C@@H](Oc2c(-c3cc(O)c(O)c(O)c3)oc3cc(O)cc(O)c3c2=O)[C@H](O)[C@H](O)[C@H]1O.O=c1c(O)c(-c2ccccc2)oc2ccccc12. The molecule has 0 saturated carbocycles. The first kappa shape index (κ1) is 34.6. The zero-order valence-corrected chi connectivity index (χ0v) is 26.4. The maximum Gasteiger partial charge on any atom is 0.239 e. The van der Waals surface area contributed by atoms with Crippen molar-refractivity contribution < 1.29 is 64.3 Å². The molecule has 1 aliphatic rings. The standard InChI is InChI=1S/C21H20O12.C15H10O3/c1-6-14(26)17(29)18(30)21(31-6)33-20-16(28)13-9(23)4-8(22)5-12(13)32-19(20)7-2-10(24)15(27)11(25)3-7;16-13-11-8-4-5-9-12(11)18-15(14(13)17)10-6-2-1-3-7-10/h2-6,14,17-18,21-27,29-30H,1H3;1-9,17H/t6-,14-,17+,18+,21-;/m0./s1. The molecule has 6 aromatic rings. The summed E-state index contributed by atoms with van der Waals surface area (Å²) >= 11 is 0. The van der Waals surface area contributed by atoms with E-state index >= 15 is 0 Å². The van der Waals surface area contributed by atoms with Crippen molar-refractivity contribution >= 4 is 21.9 Å². The molecule has 2 aromatic heterocycles. The number of aromatic hydroxyl groups is 6. The minimum Gasteiger partial charge on any atom is -0.508 e. The van der Waals surface area contributed by atoms with Crippen molar-refractivity contribution in [1.82, 2.24) is 0 Å². The Morgan fingerprint density at radius 3 is 1.92 bits per heavy atom. The van der Waals surface area contributed by atoms with Crippen LogP contribution in [-0.2, 0) is 4.74 Å².